The molecule has 2 aromatic rings. The average molecular weight is 370 g/mol. The first-order valence-corrected chi connectivity index (χ1v) is 10.2. The molecule has 0 aliphatic carbocycles. The fourth-order valence-corrected chi connectivity index (χ4v) is 4.81. The van der Waals surface area contributed by atoms with Crippen LogP contribution in [0, 0.1) is 20.8 Å². The van der Waals surface area contributed by atoms with E-state index in [2.05, 4.69) is 35.9 Å². The topological polar surface area (TPSA) is 59.6 Å². The van der Waals surface area contributed by atoms with Gasteiger partial charge in [-0.1, -0.05) is 12.1 Å². The van der Waals surface area contributed by atoms with Gasteiger partial charge in [0.25, 0.3) is 5.91 Å². The maximum Gasteiger partial charge on any atom is 0.270 e. The minimum absolute atomic E-state index is 0.0609. The van der Waals surface area contributed by atoms with Crippen molar-refractivity contribution >= 4 is 16.8 Å². The molecule has 2 N–H and O–H groups in total. The molecule has 1 amide bonds. The van der Waals surface area contributed by atoms with E-state index in [0.29, 0.717) is 31.6 Å². The molecule has 1 aromatic heterocycles. The van der Waals surface area contributed by atoms with E-state index >= 15 is 0 Å². The first-order chi connectivity index (χ1) is 12.9. The molecule has 2 fully saturated rings. The molecule has 0 spiro atoms. The third-order valence-electron chi connectivity index (χ3n) is 6.53. The molecule has 146 valence electrons. The van der Waals surface area contributed by atoms with Crippen LogP contribution >= 0.6 is 0 Å². The number of likely N-dealkylation sites (tertiary alicyclic amines) is 2. The number of hydrogen-bond donors (Lipinski definition) is 2. The molecule has 4 rings (SSSR count). The normalized spacial score (nSPS) is 20.5. The SMILES string of the molecule is Cc1ccc(C)c2c(C)c(C(=O)N3CCC(O)(CN4CCCC4)CC3)[nH]c12. The minimum Gasteiger partial charge on any atom is -0.388 e. The average Bonchev–Trinajstić information content (AvgIpc) is 3.26. The Morgan fingerprint density at radius 1 is 1.07 bits per heavy atom. The van der Waals surface area contributed by atoms with Gasteiger partial charge in [-0.05, 0) is 76.2 Å². The summed E-state index contributed by atoms with van der Waals surface area (Å²) in [6.45, 7) is 10.4. The first kappa shape index (κ1) is 18.5. The molecule has 5 heteroatoms. The highest BCUT2D eigenvalue weighted by atomic mass is 16.3. The van der Waals surface area contributed by atoms with Crippen molar-refractivity contribution in [2.75, 3.05) is 32.7 Å². The molecular formula is C22H31N3O2. The third kappa shape index (κ3) is 3.39. The summed E-state index contributed by atoms with van der Waals surface area (Å²) in [5.41, 5.74) is 4.52. The second-order valence-electron chi connectivity index (χ2n) is 8.57. The lowest BCUT2D eigenvalue weighted by atomic mass is 9.90. The summed E-state index contributed by atoms with van der Waals surface area (Å²) < 4.78 is 0. The summed E-state index contributed by atoms with van der Waals surface area (Å²) in [6, 6.07) is 4.22. The monoisotopic (exact) mass is 369 g/mol. The maximum absolute atomic E-state index is 13.2. The van der Waals surface area contributed by atoms with Gasteiger partial charge >= 0.3 is 0 Å². The van der Waals surface area contributed by atoms with Crippen LogP contribution in [0.5, 0.6) is 0 Å². The lowest BCUT2D eigenvalue weighted by Gasteiger charge is -2.40. The van der Waals surface area contributed by atoms with Crippen LogP contribution in [0.2, 0.25) is 0 Å². The Labute approximate surface area is 161 Å². The predicted octanol–water partition coefficient (Wildman–Crippen LogP) is 3.16. The predicted molar refractivity (Wildman–Crippen MR) is 108 cm³/mol. The van der Waals surface area contributed by atoms with Crippen LogP contribution < -0.4 is 0 Å². The van der Waals surface area contributed by atoms with E-state index in [9.17, 15) is 9.90 Å². The number of benzene rings is 1. The fraction of sp³-hybridized carbons (Fsp3) is 0.591. The lowest BCUT2D eigenvalue weighted by molar-refractivity contribution is -0.0368. The van der Waals surface area contributed by atoms with Crippen molar-refractivity contribution in [3.8, 4) is 0 Å². The Balaban J connectivity index is 1.50. The van der Waals surface area contributed by atoms with Crippen LogP contribution in [0.4, 0.5) is 0 Å². The zero-order chi connectivity index (χ0) is 19.2. The number of hydrogen-bond acceptors (Lipinski definition) is 3. The number of aromatic amines is 1. The van der Waals surface area contributed by atoms with E-state index < -0.39 is 5.60 Å². The quantitative estimate of drug-likeness (QED) is 0.874. The zero-order valence-corrected chi connectivity index (χ0v) is 16.8. The molecule has 2 aliphatic heterocycles. The number of nitrogens with zero attached hydrogens (tertiary/aromatic N) is 2. The summed E-state index contributed by atoms with van der Waals surface area (Å²) in [6.07, 6.45) is 3.79. The number of β-amino-alcohol motifs (C(OH)–C–C–N with tert-alkyl or cyclic N) is 1. The summed E-state index contributed by atoms with van der Waals surface area (Å²) in [7, 11) is 0. The van der Waals surface area contributed by atoms with E-state index in [1.54, 1.807) is 0 Å². The smallest absolute Gasteiger partial charge is 0.270 e. The highest BCUT2D eigenvalue weighted by molar-refractivity contribution is 6.02. The van der Waals surface area contributed by atoms with Crippen molar-refractivity contribution in [2.45, 2.75) is 52.1 Å². The minimum atomic E-state index is -0.649. The zero-order valence-electron chi connectivity index (χ0n) is 16.8. The standard InChI is InChI=1S/C22H31N3O2/c1-15-6-7-16(2)19-18(15)17(3)20(23-19)21(26)25-12-8-22(27,9-13-25)14-24-10-4-5-11-24/h6-7,23,27H,4-5,8-14H2,1-3H3. The molecule has 3 heterocycles. The highest BCUT2D eigenvalue weighted by Crippen LogP contribution is 2.30. The molecule has 0 bridgehead atoms. The first-order valence-electron chi connectivity index (χ1n) is 10.2. The van der Waals surface area contributed by atoms with Crippen LogP contribution in [-0.2, 0) is 0 Å². The van der Waals surface area contributed by atoms with Crippen LogP contribution in [0.25, 0.3) is 10.9 Å². The van der Waals surface area contributed by atoms with Crippen LogP contribution in [0.15, 0.2) is 12.1 Å². The molecule has 2 aliphatic rings. The van der Waals surface area contributed by atoms with Gasteiger partial charge in [0.2, 0.25) is 0 Å². The number of nitrogens with one attached hydrogen (secondary N) is 1. The molecular weight excluding hydrogens is 338 g/mol. The number of rotatable bonds is 3. The van der Waals surface area contributed by atoms with Crippen molar-refractivity contribution in [2.24, 2.45) is 0 Å². The molecule has 0 atom stereocenters. The second kappa shape index (κ2) is 6.95. The number of fused-ring (bicyclic) bond motifs is 1. The van der Waals surface area contributed by atoms with E-state index in [1.807, 2.05) is 11.8 Å². The van der Waals surface area contributed by atoms with Crippen LogP contribution in [-0.4, -0.2) is 64.1 Å². The number of amides is 1. The van der Waals surface area contributed by atoms with Gasteiger partial charge in [-0.3, -0.25) is 4.79 Å². The maximum atomic E-state index is 13.2. The number of piperidine rings is 1. The molecule has 27 heavy (non-hydrogen) atoms. The molecule has 0 saturated carbocycles. The number of H-pyrrole nitrogens is 1. The molecule has 0 radical (unpaired) electrons. The Hall–Kier alpha value is -1.85. The van der Waals surface area contributed by atoms with Crippen molar-refractivity contribution in [3.63, 3.8) is 0 Å². The van der Waals surface area contributed by atoms with E-state index in [-0.39, 0.29) is 5.91 Å². The Bertz CT molecular complexity index is 856. The summed E-state index contributed by atoms with van der Waals surface area (Å²) >= 11 is 0. The largest absolute Gasteiger partial charge is 0.388 e. The number of aliphatic hydroxyl groups is 1. The Morgan fingerprint density at radius 2 is 1.70 bits per heavy atom. The molecule has 1 aromatic carbocycles. The Morgan fingerprint density at radius 3 is 2.33 bits per heavy atom. The van der Waals surface area contributed by atoms with Gasteiger partial charge in [0.15, 0.2) is 0 Å². The van der Waals surface area contributed by atoms with Crippen molar-refractivity contribution in [3.05, 3.63) is 34.5 Å². The van der Waals surface area contributed by atoms with Gasteiger partial charge in [-0.15, -0.1) is 0 Å². The number of carbonyl (C=O) groups excluding carboxylic acids is 1. The van der Waals surface area contributed by atoms with Crippen molar-refractivity contribution in [1.82, 2.24) is 14.8 Å². The summed E-state index contributed by atoms with van der Waals surface area (Å²) in [5.74, 6) is 0.0609. The van der Waals surface area contributed by atoms with Gasteiger partial charge in [0.05, 0.1) is 5.60 Å². The highest BCUT2D eigenvalue weighted by Gasteiger charge is 2.36. The lowest BCUT2D eigenvalue weighted by Crippen LogP contribution is -2.51. The molecule has 0 unspecified atom stereocenters. The Kier molecular flexibility index (Phi) is 4.77. The fourth-order valence-electron chi connectivity index (χ4n) is 4.81. The summed E-state index contributed by atoms with van der Waals surface area (Å²) in [4.78, 5) is 20.8. The third-order valence-corrected chi connectivity index (χ3v) is 6.53. The van der Waals surface area contributed by atoms with Gasteiger partial charge in [-0.25, -0.2) is 0 Å². The van der Waals surface area contributed by atoms with E-state index in [0.717, 1.165) is 36.3 Å². The van der Waals surface area contributed by atoms with Gasteiger partial charge < -0.3 is 19.9 Å². The number of aryl methyl sites for hydroxylation is 3. The van der Waals surface area contributed by atoms with E-state index in [4.69, 9.17) is 0 Å². The van der Waals surface area contributed by atoms with Gasteiger partial charge in [0.1, 0.15) is 5.69 Å². The van der Waals surface area contributed by atoms with Crippen molar-refractivity contribution < 1.29 is 9.90 Å². The van der Waals surface area contributed by atoms with Gasteiger partial charge in [-0.2, -0.15) is 0 Å². The number of aromatic nitrogens is 1. The molecule has 5 nitrogen and oxygen atoms in total. The number of carbonyl (C=O) groups is 1. The van der Waals surface area contributed by atoms with E-state index in [1.165, 1.54) is 23.8 Å². The second-order valence-corrected chi connectivity index (χ2v) is 8.57. The van der Waals surface area contributed by atoms with Gasteiger partial charge in [0, 0.05) is 30.5 Å². The van der Waals surface area contributed by atoms with Crippen molar-refractivity contribution in [1.29, 1.82) is 0 Å². The summed E-state index contributed by atoms with van der Waals surface area (Å²) in [5, 5.41) is 12.1. The van der Waals surface area contributed by atoms with Crippen LogP contribution in [0.1, 0.15) is 52.9 Å². The van der Waals surface area contributed by atoms with Crippen LogP contribution in [0.3, 0.4) is 0 Å². The molecule has 2 saturated heterocycles.